The van der Waals surface area contributed by atoms with Gasteiger partial charge < -0.3 is 14.4 Å². The Morgan fingerprint density at radius 3 is 3.00 bits per heavy atom. The van der Waals surface area contributed by atoms with Crippen LogP contribution < -0.4 is 0 Å². The van der Waals surface area contributed by atoms with Gasteiger partial charge in [0.1, 0.15) is 0 Å². The highest BCUT2D eigenvalue weighted by Gasteiger charge is 2.13. The fraction of sp³-hybridized carbons (Fsp3) is 0.429. The van der Waals surface area contributed by atoms with Crippen molar-refractivity contribution in [3.63, 3.8) is 0 Å². The van der Waals surface area contributed by atoms with Crippen molar-refractivity contribution in [1.29, 1.82) is 0 Å². The minimum Gasteiger partial charge on any atom is -0.389 e. The highest BCUT2D eigenvalue weighted by atomic mass is 35.5. The third kappa shape index (κ3) is 4.78. The van der Waals surface area contributed by atoms with Gasteiger partial charge in [-0.15, -0.1) is 0 Å². The van der Waals surface area contributed by atoms with E-state index in [1.54, 1.807) is 19.2 Å². The van der Waals surface area contributed by atoms with Gasteiger partial charge >= 0.3 is 0 Å². The SMILES string of the molecule is COCC(O)CN(C)Cc1nc(-c2cccc(Cl)c2)no1. The maximum atomic E-state index is 9.66. The molecule has 1 aromatic heterocycles. The highest BCUT2D eigenvalue weighted by Crippen LogP contribution is 2.20. The van der Waals surface area contributed by atoms with Crippen LogP contribution in [0.3, 0.4) is 0 Å². The summed E-state index contributed by atoms with van der Waals surface area (Å²) in [4.78, 5) is 6.21. The van der Waals surface area contributed by atoms with Crippen LogP contribution in [0.5, 0.6) is 0 Å². The quantitative estimate of drug-likeness (QED) is 0.841. The zero-order valence-electron chi connectivity index (χ0n) is 12.0. The lowest BCUT2D eigenvalue weighted by Gasteiger charge is -2.17. The molecule has 7 heteroatoms. The van der Waals surface area contributed by atoms with Crippen molar-refractivity contribution in [3.8, 4) is 11.4 Å². The molecule has 6 nitrogen and oxygen atoms in total. The molecule has 0 aliphatic rings. The molecule has 0 bridgehead atoms. The molecule has 0 aliphatic carbocycles. The molecule has 0 saturated heterocycles. The molecule has 114 valence electrons. The van der Waals surface area contributed by atoms with E-state index in [0.717, 1.165) is 5.56 Å². The second kappa shape index (κ2) is 7.51. The Kier molecular flexibility index (Phi) is 5.69. The minimum atomic E-state index is -0.546. The van der Waals surface area contributed by atoms with Crippen LogP contribution in [0.2, 0.25) is 5.02 Å². The number of ether oxygens (including phenoxy) is 1. The number of methoxy groups -OCH3 is 1. The van der Waals surface area contributed by atoms with Gasteiger partial charge in [-0.3, -0.25) is 4.90 Å². The second-order valence-corrected chi connectivity index (χ2v) is 5.26. The van der Waals surface area contributed by atoms with Crippen molar-refractivity contribution in [1.82, 2.24) is 15.0 Å². The molecule has 0 amide bonds. The van der Waals surface area contributed by atoms with Gasteiger partial charge in [0, 0.05) is 24.2 Å². The van der Waals surface area contributed by atoms with Gasteiger partial charge in [-0.2, -0.15) is 4.98 Å². The first-order chi connectivity index (χ1) is 10.1. The van der Waals surface area contributed by atoms with Gasteiger partial charge in [-0.05, 0) is 19.2 Å². The number of aliphatic hydroxyl groups excluding tert-OH is 1. The highest BCUT2D eigenvalue weighted by molar-refractivity contribution is 6.30. The molecule has 21 heavy (non-hydrogen) atoms. The lowest BCUT2D eigenvalue weighted by molar-refractivity contribution is 0.0400. The smallest absolute Gasteiger partial charge is 0.241 e. The number of halogens is 1. The number of hydrogen-bond acceptors (Lipinski definition) is 6. The Labute approximate surface area is 128 Å². The molecule has 1 aromatic carbocycles. The van der Waals surface area contributed by atoms with E-state index in [0.29, 0.717) is 36.4 Å². The van der Waals surface area contributed by atoms with Crippen LogP contribution in [-0.4, -0.2) is 53.6 Å². The summed E-state index contributed by atoms with van der Waals surface area (Å²) in [7, 11) is 3.42. The van der Waals surface area contributed by atoms with Gasteiger partial charge in [0.2, 0.25) is 11.7 Å². The summed E-state index contributed by atoms with van der Waals surface area (Å²) in [6, 6.07) is 7.27. The number of nitrogens with zero attached hydrogens (tertiary/aromatic N) is 3. The first-order valence-electron chi connectivity index (χ1n) is 6.52. The van der Waals surface area contributed by atoms with Crippen molar-refractivity contribution in [3.05, 3.63) is 35.2 Å². The van der Waals surface area contributed by atoms with E-state index in [4.69, 9.17) is 20.9 Å². The lowest BCUT2D eigenvalue weighted by atomic mass is 10.2. The fourth-order valence-corrected chi connectivity index (χ4v) is 2.15. The molecule has 2 aromatic rings. The standard InChI is InChI=1S/C14H18ClN3O3/c1-18(7-12(19)9-20-2)8-13-16-14(17-21-13)10-4-3-5-11(15)6-10/h3-6,12,19H,7-9H2,1-2H3. The van der Waals surface area contributed by atoms with Crippen molar-refractivity contribution in [2.75, 3.05) is 27.3 Å². The van der Waals surface area contributed by atoms with Crippen molar-refractivity contribution >= 4 is 11.6 Å². The second-order valence-electron chi connectivity index (χ2n) is 4.83. The number of rotatable bonds is 7. The molecule has 1 heterocycles. The average molecular weight is 312 g/mol. The predicted molar refractivity (Wildman–Crippen MR) is 79.0 cm³/mol. The molecule has 0 radical (unpaired) electrons. The molecule has 0 fully saturated rings. The number of aliphatic hydroxyl groups is 1. The van der Waals surface area contributed by atoms with Crippen molar-refractivity contribution in [2.24, 2.45) is 0 Å². The zero-order valence-corrected chi connectivity index (χ0v) is 12.7. The summed E-state index contributed by atoms with van der Waals surface area (Å²) in [6.07, 6.45) is -0.546. The monoisotopic (exact) mass is 311 g/mol. The van der Waals surface area contributed by atoms with E-state index < -0.39 is 6.10 Å². The van der Waals surface area contributed by atoms with Gasteiger partial charge in [0.25, 0.3) is 0 Å². The van der Waals surface area contributed by atoms with Crippen LogP contribution in [0.25, 0.3) is 11.4 Å². The first kappa shape index (κ1) is 15.9. The first-order valence-corrected chi connectivity index (χ1v) is 6.90. The maximum absolute atomic E-state index is 9.66. The van der Waals surface area contributed by atoms with Crippen molar-refractivity contribution in [2.45, 2.75) is 12.6 Å². The Balaban J connectivity index is 1.97. The molecule has 1 N–H and O–H groups in total. The van der Waals surface area contributed by atoms with Crippen LogP contribution in [0, 0.1) is 0 Å². The Morgan fingerprint density at radius 2 is 2.29 bits per heavy atom. The van der Waals surface area contributed by atoms with E-state index in [1.807, 2.05) is 24.1 Å². The normalized spacial score (nSPS) is 12.8. The summed E-state index contributed by atoms with van der Waals surface area (Å²) in [5.41, 5.74) is 0.805. The Bertz CT molecular complexity index is 576. The predicted octanol–water partition coefficient (Wildman–Crippen LogP) is 1.83. The molecular formula is C14H18ClN3O3. The van der Waals surface area contributed by atoms with Gasteiger partial charge in [-0.1, -0.05) is 28.9 Å². The van der Waals surface area contributed by atoms with Crippen LogP contribution in [-0.2, 0) is 11.3 Å². The van der Waals surface area contributed by atoms with Crippen molar-refractivity contribution < 1.29 is 14.4 Å². The Morgan fingerprint density at radius 1 is 1.48 bits per heavy atom. The van der Waals surface area contributed by atoms with Crippen LogP contribution >= 0.6 is 11.6 Å². The summed E-state index contributed by atoms with van der Waals surface area (Å²) in [5.74, 6) is 0.982. The molecule has 0 saturated carbocycles. The third-order valence-corrected chi connectivity index (χ3v) is 3.07. The average Bonchev–Trinajstić information content (AvgIpc) is 2.87. The molecule has 2 rings (SSSR count). The Hall–Kier alpha value is -1.47. The van der Waals surface area contributed by atoms with Crippen LogP contribution in [0.15, 0.2) is 28.8 Å². The largest absolute Gasteiger partial charge is 0.389 e. The minimum absolute atomic E-state index is 0.294. The summed E-state index contributed by atoms with van der Waals surface area (Å²) in [5, 5.41) is 14.2. The maximum Gasteiger partial charge on any atom is 0.241 e. The van der Waals surface area contributed by atoms with E-state index in [-0.39, 0.29) is 0 Å². The summed E-state index contributed by atoms with van der Waals surface area (Å²) >= 11 is 5.94. The number of benzene rings is 1. The molecule has 0 spiro atoms. The van der Waals surface area contributed by atoms with E-state index in [2.05, 4.69) is 10.1 Å². The lowest BCUT2D eigenvalue weighted by Crippen LogP contribution is -2.31. The molecule has 1 atom stereocenters. The summed E-state index contributed by atoms with van der Waals surface area (Å²) < 4.78 is 10.1. The zero-order chi connectivity index (χ0) is 15.2. The molecule has 0 aliphatic heterocycles. The summed E-state index contributed by atoms with van der Waals surface area (Å²) in [6.45, 7) is 1.21. The number of aromatic nitrogens is 2. The van der Waals surface area contributed by atoms with Crippen LogP contribution in [0.4, 0.5) is 0 Å². The number of hydrogen-bond donors (Lipinski definition) is 1. The van der Waals surface area contributed by atoms with E-state index >= 15 is 0 Å². The van der Waals surface area contributed by atoms with Gasteiger partial charge in [-0.25, -0.2) is 0 Å². The third-order valence-electron chi connectivity index (χ3n) is 2.84. The molecule has 1 unspecified atom stereocenters. The van der Waals surface area contributed by atoms with Gasteiger partial charge in [0.15, 0.2) is 0 Å². The van der Waals surface area contributed by atoms with Crippen LogP contribution in [0.1, 0.15) is 5.89 Å². The van der Waals surface area contributed by atoms with Gasteiger partial charge in [0.05, 0.1) is 19.3 Å². The van der Waals surface area contributed by atoms with E-state index in [1.165, 1.54) is 0 Å². The topological polar surface area (TPSA) is 71.6 Å². The van der Waals surface area contributed by atoms with E-state index in [9.17, 15) is 5.11 Å². The number of likely N-dealkylation sites (N-methyl/N-ethyl adjacent to an activating group) is 1. The molecular weight excluding hydrogens is 294 g/mol. The fourth-order valence-electron chi connectivity index (χ4n) is 1.96.